The second kappa shape index (κ2) is 6.97. The Morgan fingerprint density at radius 3 is 2.67 bits per heavy atom. The second-order valence-corrected chi connectivity index (χ2v) is 8.15. The van der Waals surface area contributed by atoms with E-state index in [1.54, 1.807) is 11.1 Å². The number of rotatable bonds is 4. The molecular weight excluding hydrogens is 404 g/mol. The predicted molar refractivity (Wildman–Crippen MR) is 109 cm³/mol. The molecule has 2 aromatic carbocycles. The van der Waals surface area contributed by atoms with Gasteiger partial charge in [-0.3, -0.25) is 9.59 Å². The summed E-state index contributed by atoms with van der Waals surface area (Å²) in [6.45, 7) is 1.53. The monoisotopic (exact) mass is 424 g/mol. The summed E-state index contributed by atoms with van der Waals surface area (Å²) in [6.07, 6.45) is 5.83. The molecule has 0 aromatic heterocycles. The summed E-state index contributed by atoms with van der Waals surface area (Å²) < 4.78 is 1.01. The highest BCUT2D eigenvalue weighted by atomic mass is 79.9. The fourth-order valence-corrected chi connectivity index (χ4v) is 4.20. The Bertz CT molecular complexity index is 933. The van der Waals surface area contributed by atoms with Gasteiger partial charge in [-0.1, -0.05) is 52.3 Å². The Balaban J connectivity index is 1.55. The van der Waals surface area contributed by atoms with Gasteiger partial charge in [-0.15, -0.1) is 0 Å². The van der Waals surface area contributed by atoms with Gasteiger partial charge in [0.25, 0.3) is 0 Å². The summed E-state index contributed by atoms with van der Waals surface area (Å²) in [6, 6.07) is 15.7. The number of nitrogens with one attached hydrogen (secondary N) is 1. The van der Waals surface area contributed by atoms with Crippen LogP contribution in [-0.4, -0.2) is 16.7 Å². The van der Waals surface area contributed by atoms with Crippen molar-refractivity contribution < 1.29 is 9.59 Å². The van der Waals surface area contributed by atoms with Crippen LogP contribution in [0.3, 0.4) is 0 Å². The van der Waals surface area contributed by atoms with Gasteiger partial charge in [-0.25, -0.2) is 0 Å². The van der Waals surface area contributed by atoms with Gasteiger partial charge in [-0.05, 0) is 47.7 Å². The minimum absolute atomic E-state index is 0.0335. The number of hydrogen-bond acceptors (Lipinski definition) is 2. The molecule has 1 aliphatic heterocycles. The molecule has 0 radical (unpaired) electrons. The Kier molecular flexibility index (Phi) is 4.64. The van der Waals surface area contributed by atoms with E-state index in [4.69, 9.17) is 0 Å². The maximum atomic E-state index is 12.9. The van der Waals surface area contributed by atoms with E-state index in [2.05, 4.69) is 33.4 Å². The predicted octanol–water partition coefficient (Wildman–Crippen LogP) is 4.52. The molecular formula is C22H21BrN2O2. The van der Waals surface area contributed by atoms with Crippen LogP contribution in [0.5, 0.6) is 0 Å². The zero-order chi connectivity index (χ0) is 19.0. The van der Waals surface area contributed by atoms with Crippen LogP contribution >= 0.6 is 15.9 Å². The van der Waals surface area contributed by atoms with Crippen molar-refractivity contribution >= 4 is 33.8 Å². The van der Waals surface area contributed by atoms with E-state index in [-0.39, 0.29) is 29.8 Å². The summed E-state index contributed by atoms with van der Waals surface area (Å²) in [4.78, 5) is 26.7. The molecule has 2 aromatic rings. The Labute approximate surface area is 167 Å². The molecule has 5 heteroatoms. The van der Waals surface area contributed by atoms with Crippen molar-refractivity contribution in [3.63, 3.8) is 0 Å². The molecule has 1 saturated carbocycles. The lowest BCUT2D eigenvalue weighted by molar-refractivity contribution is -0.130. The Hall–Kier alpha value is -2.40. The van der Waals surface area contributed by atoms with E-state index in [0.717, 1.165) is 34.0 Å². The van der Waals surface area contributed by atoms with Crippen LogP contribution < -0.4 is 5.32 Å². The molecule has 1 aliphatic carbocycles. The highest BCUT2D eigenvalue weighted by Gasteiger charge is 2.46. The molecule has 1 atom stereocenters. The van der Waals surface area contributed by atoms with Crippen molar-refractivity contribution in [2.24, 2.45) is 0 Å². The fourth-order valence-electron chi connectivity index (χ4n) is 3.80. The third kappa shape index (κ3) is 3.56. The first-order chi connectivity index (χ1) is 13.0. The van der Waals surface area contributed by atoms with E-state index >= 15 is 0 Å². The minimum Gasteiger partial charge on any atom is -0.347 e. The van der Waals surface area contributed by atoms with Crippen LogP contribution in [0.25, 0.3) is 6.08 Å². The van der Waals surface area contributed by atoms with E-state index in [0.29, 0.717) is 0 Å². The van der Waals surface area contributed by atoms with Gasteiger partial charge in [0.15, 0.2) is 0 Å². The molecule has 0 bridgehead atoms. The quantitative estimate of drug-likeness (QED) is 0.783. The van der Waals surface area contributed by atoms with Gasteiger partial charge in [0, 0.05) is 17.6 Å². The van der Waals surface area contributed by atoms with Gasteiger partial charge in [0.2, 0.25) is 11.8 Å². The molecule has 27 heavy (non-hydrogen) atoms. The highest BCUT2D eigenvalue weighted by Crippen LogP contribution is 2.46. The average Bonchev–Trinajstić information content (AvgIpc) is 3.42. The van der Waals surface area contributed by atoms with Gasteiger partial charge < -0.3 is 10.2 Å². The number of carbonyl (C=O) groups is 2. The van der Waals surface area contributed by atoms with Crippen LogP contribution in [-0.2, 0) is 15.1 Å². The van der Waals surface area contributed by atoms with E-state index in [9.17, 15) is 9.59 Å². The lowest BCUT2D eigenvalue weighted by Crippen LogP contribution is -2.39. The van der Waals surface area contributed by atoms with Gasteiger partial charge in [0.05, 0.1) is 18.0 Å². The molecule has 1 heterocycles. The molecule has 1 fully saturated rings. The van der Waals surface area contributed by atoms with E-state index < -0.39 is 0 Å². The molecule has 2 aliphatic rings. The minimum atomic E-state index is -0.276. The maximum Gasteiger partial charge on any atom is 0.223 e. The number of amides is 2. The molecule has 0 spiro atoms. The first kappa shape index (κ1) is 18.0. The number of benzene rings is 2. The number of hydrogen-bond donors (Lipinski definition) is 1. The lowest BCUT2D eigenvalue weighted by Gasteiger charge is -2.32. The summed E-state index contributed by atoms with van der Waals surface area (Å²) in [5, 5.41) is 3.23. The standard InChI is InChI=1S/C22H21BrN2O2/c1-15(26)25-12-9-16-5-2-3-8-19(16)20(25)14-21(27)24-22(10-11-22)17-6-4-7-18(23)13-17/h2-9,12-13,20H,10-11,14H2,1H3,(H,24,27)/t20-/m1/s1. The van der Waals surface area contributed by atoms with Crippen LogP contribution in [0.2, 0.25) is 0 Å². The van der Waals surface area contributed by atoms with E-state index in [1.807, 2.05) is 42.5 Å². The first-order valence-corrected chi connectivity index (χ1v) is 9.91. The normalized spacial score (nSPS) is 19.3. The van der Waals surface area contributed by atoms with Crippen molar-refractivity contribution in [3.8, 4) is 0 Å². The summed E-state index contributed by atoms with van der Waals surface area (Å²) in [5.41, 5.74) is 2.92. The molecule has 138 valence electrons. The Morgan fingerprint density at radius 2 is 1.96 bits per heavy atom. The van der Waals surface area contributed by atoms with Crippen LogP contribution in [0, 0.1) is 0 Å². The number of carbonyl (C=O) groups excluding carboxylic acids is 2. The van der Waals surface area contributed by atoms with Crippen molar-refractivity contribution in [1.82, 2.24) is 10.2 Å². The van der Waals surface area contributed by atoms with Gasteiger partial charge >= 0.3 is 0 Å². The molecule has 0 unspecified atom stereocenters. The second-order valence-electron chi connectivity index (χ2n) is 7.23. The molecule has 2 amide bonds. The summed E-state index contributed by atoms with van der Waals surface area (Å²) in [7, 11) is 0. The van der Waals surface area contributed by atoms with Crippen molar-refractivity contribution in [2.75, 3.05) is 0 Å². The molecule has 0 saturated heterocycles. The first-order valence-electron chi connectivity index (χ1n) is 9.12. The van der Waals surface area contributed by atoms with Crippen LogP contribution in [0.1, 0.15) is 48.9 Å². The molecule has 4 rings (SSSR count). The number of nitrogens with zero attached hydrogens (tertiary/aromatic N) is 1. The SMILES string of the molecule is CC(=O)N1C=Cc2ccccc2[C@H]1CC(=O)NC1(c2cccc(Br)c2)CC1. The largest absolute Gasteiger partial charge is 0.347 e. The van der Waals surface area contributed by atoms with E-state index in [1.165, 1.54) is 6.92 Å². The van der Waals surface area contributed by atoms with Crippen LogP contribution in [0.4, 0.5) is 0 Å². The zero-order valence-corrected chi connectivity index (χ0v) is 16.7. The maximum absolute atomic E-state index is 12.9. The van der Waals surface area contributed by atoms with Crippen molar-refractivity contribution in [1.29, 1.82) is 0 Å². The topological polar surface area (TPSA) is 49.4 Å². The number of fused-ring (bicyclic) bond motifs is 1. The fraction of sp³-hybridized carbons (Fsp3) is 0.273. The summed E-state index contributed by atoms with van der Waals surface area (Å²) in [5.74, 6) is -0.0968. The lowest BCUT2D eigenvalue weighted by atomic mass is 9.93. The average molecular weight is 425 g/mol. The molecule has 1 N–H and O–H groups in total. The van der Waals surface area contributed by atoms with Gasteiger partial charge in [0.1, 0.15) is 0 Å². The van der Waals surface area contributed by atoms with Crippen LogP contribution in [0.15, 0.2) is 59.2 Å². The summed E-state index contributed by atoms with van der Waals surface area (Å²) >= 11 is 3.51. The molecule has 4 nitrogen and oxygen atoms in total. The smallest absolute Gasteiger partial charge is 0.223 e. The van der Waals surface area contributed by atoms with Crippen molar-refractivity contribution in [3.05, 3.63) is 75.9 Å². The third-order valence-corrected chi connectivity index (χ3v) is 5.85. The Morgan fingerprint density at radius 1 is 1.19 bits per heavy atom. The van der Waals surface area contributed by atoms with Gasteiger partial charge in [-0.2, -0.15) is 0 Å². The highest BCUT2D eigenvalue weighted by molar-refractivity contribution is 9.10. The third-order valence-electron chi connectivity index (χ3n) is 5.35. The van der Waals surface area contributed by atoms with Crippen molar-refractivity contribution in [2.45, 2.75) is 37.8 Å². The number of halogens is 1. The zero-order valence-electron chi connectivity index (χ0n) is 15.1.